The van der Waals surface area contributed by atoms with Crippen molar-refractivity contribution in [2.45, 2.75) is 69.9 Å². The summed E-state index contributed by atoms with van der Waals surface area (Å²) in [6.07, 6.45) is 10.4. The molecule has 0 radical (unpaired) electrons. The van der Waals surface area contributed by atoms with Gasteiger partial charge in [0.05, 0.1) is 5.60 Å². The van der Waals surface area contributed by atoms with Crippen LogP contribution in [0, 0.1) is 11.3 Å². The molecule has 2 heteroatoms. The van der Waals surface area contributed by atoms with Gasteiger partial charge in [0.1, 0.15) is 0 Å². The van der Waals surface area contributed by atoms with Gasteiger partial charge in [-0.05, 0) is 49.9 Å². The van der Waals surface area contributed by atoms with Crippen molar-refractivity contribution in [3.05, 3.63) is 0 Å². The molecular weight excluding hydrogens is 198 g/mol. The molecule has 0 aromatic carbocycles. The van der Waals surface area contributed by atoms with Crippen LogP contribution in [0.1, 0.15) is 58.3 Å². The van der Waals surface area contributed by atoms with E-state index in [9.17, 15) is 0 Å². The first-order chi connectivity index (χ1) is 7.64. The van der Waals surface area contributed by atoms with E-state index in [0.29, 0.717) is 11.5 Å². The molecule has 3 fully saturated rings. The third-order valence-corrected chi connectivity index (χ3v) is 5.40. The largest absolute Gasteiger partial charge is 0.375 e. The molecule has 2 nitrogen and oxygen atoms in total. The summed E-state index contributed by atoms with van der Waals surface area (Å²) < 4.78 is 6.08. The SMILES string of the molecule is CC1(C(N)C2CCOC3(CCCC3)C2)CC1. The highest BCUT2D eigenvalue weighted by atomic mass is 16.5. The van der Waals surface area contributed by atoms with E-state index in [1.54, 1.807) is 0 Å². The second-order valence-electron chi connectivity index (χ2n) is 6.67. The molecule has 3 aliphatic rings. The zero-order valence-electron chi connectivity index (χ0n) is 10.5. The smallest absolute Gasteiger partial charge is 0.0685 e. The van der Waals surface area contributed by atoms with Gasteiger partial charge < -0.3 is 10.5 Å². The van der Waals surface area contributed by atoms with Crippen LogP contribution in [0.3, 0.4) is 0 Å². The van der Waals surface area contributed by atoms with Crippen LogP contribution in [-0.4, -0.2) is 18.2 Å². The molecule has 0 bridgehead atoms. The Balaban J connectivity index is 1.67. The van der Waals surface area contributed by atoms with Crippen LogP contribution in [0.4, 0.5) is 0 Å². The Morgan fingerprint density at radius 3 is 2.50 bits per heavy atom. The minimum Gasteiger partial charge on any atom is -0.375 e. The maximum Gasteiger partial charge on any atom is 0.0685 e. The summed E-state index contributed by atoms with van der Waals surface area (Å²) in [6, 6.07) is 0.425. The van der Waals surface area contributed by atoms with Gasteiger partial charge >= 0.3 is 0 Å². The highest BCUT2D eigenvalue weighted by molar-refractivity contribution is 5.03. The Morgan fingerprint density at radius 1 is 1.19 bits per heavy atom. The topological polar surface area (TPSA) is 35.2 Å². The maximum absolute atomic E-state index is 6.48. The Bertz CT molecular complexity index is 266. The molecular formula is C14H25NO. The molecule has 1 aliphatic heterocycles. The molecule has 0 amide bonds. The first-order valence-electron chi connectivity index (χ1n) is 7.03. The standard InChI is InChI=1S/C14H25NO/c1-13(7-8-13)12(15)11-4-9-16-14(10-11)5-2-3-6-14/h11-12H,2-10,15H2,1H3. The summed E-state index contributed by atoms with van der Waals surface area (Å²) in [6.45, 7) is 3.32. The van der Waals surface area contributed by atoms with E-state index in [4.69, 9.17) is 10.5 Å². The fraction of sp³-hybridized carbons (Fsp3) is 1.00. The van der Waals surface area contributed by atoms with Crippen molar-refractivity contribution < 1.29 is 4.74 Å². The molecule has 1 spiro atoms. The van der Waals surface area contributed by atoms with Crippen molar-refractivity contribution in [2.75, 3.05) is 6.61 Å². The van der Waals surface area contributed by atoms with Crippen LogP contribution < -0.4 is 5.73 Å². The van der Waals surface area contributed by atoms with Crippen molar-refractivity contribution in [3.8, 4) is 0 Å². The van der Waals surface area contributed by atoms with E-state index in [2.05, 4.69) is 6.92 Å². The van der Waals surface area contributed by atoms with Gasteiger partial charge in [-0.3, -0.25) is 0 Å². The molecule has 92 valence electrons. The number of rotatable bonds is 2. The van der Waals surface area contributed by atoms with E-state index in [1.165, 1.54) is 51.4 Å². The van der Waals surface area contributed by atoms with Gasteiger partial charge in [-0.2, -0.15) is 0 Å². The first kappa shape index (κ1) is 11.0. The second-order valence-corrected chi connectivity index (χ2v) is 6.67. The highest BCUT2D eigenvalue weighted by Gasteiger charge is 2.49. The summed E-state index contributed by atoms with van der Waals surface area (Å²) >= 11 is 0. The fourth-order valence-electron chi connectivity index (χ4n) is 3.84. The molecule has 2 N–H and O–H groups in total. The lowest BCUT2D eigenvalue weighted by Gasteiger charge is -2.42. The van der Waals surface area contributed by atoms with Gasteiger partial charge in [0.2, 0.25) is 0 Å². The Kier molecular flexibility index (Phi) is 2.56. The van der Waals surface area contributed by atoms with Crippen molar-refractivity contribution >= 4 is 0 Å². The summed E-state index contributed by atoms with van der Waals surface area (Å²) in [4.78, 5) is 0. The molecule has 2 atom stereocenters. The van der Waals surface area contributed by atoms with Crippen molar-refractivity contribution in [1.82, 2.24) is 0 Å². The molecule has 2 aliphatic carbocycles. The van der Waals surface area contributed by atoms with E-state index >= 15 is 0 Å². The lowest BCUT2D eigenvalue weighted by Crippen LogP contribution is -2.46. The normalized spacial score (nSPS) is 37.5. The number of ether oxygens (including phenoxy) is 1. The Morgan fingerprint density at radius 2 is 1.88 bits per heavy atom. The van der Waals surface area contributed by atoms with Crippen molar-refractivity contribution in [1.29, 1.82) is 0 Å². The summed E-state index contributed by atoms with van der Waals surface area (Å²) in [5.74, 6) is 0.722. The monoisotopic (exact) mass is 223 g/mol. The van der Waals surface area contributed by atoms with Crippen LogP contribution in [0.15, 0.2) is 0 Å². The van der Waals surface area contributed by atoms with Crippen LogP contribution in [0.5, 0.6) is 0 Å². The molecule has 16 heavy (non-hydrogen) atoms. The molecule has 0 aromatic heterocycles. The van der Waals surface area contributed by atoms with E-state index in [1.807, 2.05) is 0 Å². The first-order valence-corrected chi connectivity index (χ1v) is 7.03. The molecule has 2 saturated carbocycles. The van der Waals surface area contributed by atoms with Gasteiger partial charge in [-0.1, -0.05) is 19.8 Å². The third kappa shape index (κ3) is 1.80. The third-order valence-electron chi connectivity index (χ3n) is 5.40. The molecule has 3 rings (SSSR count). The van der Waals surface area contributed by atoms with Crippen molar-refractivity contribution in [3.63, 3.8) is 0 Å². The Hall–Kier alpha value is -0.0800. The summed E-state index contributed by atoms with van der Waals surface area (Å²) in [5.41, 5.74) is 7.20. The van der Waals surface area contributed by atoms with E-state index < -0.39 is 0 Å². The quantitative estimate of drug-likeness (QED) is 0.781. The minimum atomic E-state index is 0.242. The molecule has 1 saturated heterocycles. The van der Waals surface area contributed by atoms with E-state index in [-0.39, 0.29) is 5.60 Å². The number of nitrogens with two attached hydrogens (primary N) is 1. The average molecular weight is 223 g/mol. The van der Waals surface area contributed by atoms with Crippen LogP contribution >= 0.6 is 0 Å². The average Bonchev–Trinajstić information content (AvgIpc) is 2.89. The van der Waals surface area contributed by atoms with Crippen LogP contribution in [0.25, 0.3) is 0 Å². The van der Waals surface area contributed by atoms with Gasteiger partial charge in [0, 0.05) is 12.6 Å². The van der Waals surface area contributed by atoms with Crippen molar-refractivity contribution in [2.24, 2.45) is 17.1 Å². The predicted octanol–water partition coefficient (Wildman–Crippen LogP) is 2.85. The summed E-state index contributed by atoms with van der Waals surface area (Å²) in [5, 5.41) is 0. The number of hydrogen-bond acceptors (Lipinski definition) is 2. The Labute approximate surface area is 98.9 Å². The lowest BCUT2D eigenvalue weighted by molar-refractivity contribution is -0.0990. The maximum atomic E-state index is 6.48. The van der Waals surface area contributed by atoms with Crippen LogP contribution in [-0.2, 0) is 4.74 Å². The van der Waals surface area contributed by atoms with Crippen LogP contribution in [0.2, 0.25) is 0 Å². The zero-order valence-corrected chi connectivity index (χ0v) is 10.5. The minimum absolute atomic E-state index is 0.242. The highest BCUT2D eigenvalue weighted by Crippen LogP contribution is 2.52. The van der Waals surface area contributed by atoms with E-state index in [0.717, 1.165) is 12.5 Å². The van der Waals surface area contributed by atoms with Gasteiger partial charge in [0.15, 0.2) is 0 Å². The lowest BCUT2D eigenvalue weighted by atomic mass is 9.76. The predicted molar refractivity (Wildman–Crippen MR) is 65.2 cm³/mol. The summed E-state index contributed by atoms with van der Waals surface area (Å²) in [7, 11) is 0. The number of hydrogen-bond donors (Lipinski definition) is 1. The molecule has 0 aromatic rings. The fourth-order valence-corrected chi connectivity index (χ4v) is 3.84. The molecule has 1 heterocycles. The van der Waals surface area contributed by atoms with Gasteiger partial charge in [-0.25, -0.2) is 0 Å². The van der Waals surface area contributed by atoms with Gasteiger partial charge in [0.25, 0.3) is 0 Å². The molecule has 2 unspecified atom stereocenters. The van der Waals surface area contributed by atoms with Gasteiger partial charge in [-0.15, -0.1) is 0 Å². The zero-order chi connectivity index (χ0) is 11.2. The second kappa shape index (κ2) is 3.71.